The number of hydrogen-bond donors (Lipinski definition) is 1. The van der Waals surface area contributed by atoms with Crippen molar-refractivity contribution in [3.05, 3.63) is 54.1 Å². The minimum absolute atomic E-state index is 0.131. The van der Waals surface area contributed by atoms with Crippen molar-refractivity contribution < 1.29 is 9.53 Å². The van der Waals surface area contributed by atoms with E-state index >= 15 is 0 Å². The van der Waals surface area contributed by atoms with Crippen LogP contribution >= 0.6 is 11.8 Å². The zero-order valence-corrected chi connectivity index (χ0v) is 14.7. The highest BCUT2D eigenvalue weighted by Gasteiger charge is 2.12. The van der Waals surface area contributed by atoms with Crippen molar-refractivity contribution in [1.82, 2.24) is 20.2 Å². The van der Waals surface area contributed by atoms with E-state index in [0.717, 1.165) is 17.0 Å². The number of anilines is 1. The average molecular weight is 355 g/mol. The lowest BCUT2D eigenvalue weighted by atomic mass is 10.2. The van der Waals surface area contributed by atoms with E-state index in [1.54, 1.807) is 36.1 Å². The van der Waals surface area contributed by atoms with Gasteiger partial charge in [0.05, 0.1) is 18.6 Å². The van der Waals surface area contributed by atoms with Crippen LogP contribution in [0.5, 0.6) is 5.75 Å². The summed E-state index contributed by atoms with van der Waals surface area (Å²) in [4.78, 5) is 12.1. The molecule has 1 aromatic heterocycles. The molecule has 0 aliphatic carbocycles. The number of aryl methyl sites for hydroxylation is 1. The van der Waals surface area contributed by atoms with Crippen molar-refractivity contribution >= 4 is 23.4 Å². The Morgan fingerprint density at radius 3 is 2.76 bits per heavy atom. The Morgan fingerprint density at radius 2 is 2.04 bits per heavy atom. The number of aromatic nitrogens is 4. The molecule has 1 amide bonds. The molecule has 0 saturated carbocycles. The van der Waals surface area contributed by atoms with Crippen molar-refractivity contribution in [3.63, 3.8) is 0 Å². The van der Waals surface area contributed by atoms with Crippen molar-refractivity contribution in [1.29, 1.82) is 0 Å². The highest BCUT2D eigenvalue weighted by atomic mass is 32.2. The van der Waals surface area contributed by atoms with E-state index in [9.17, 15) is 4.79 Å². The van der Waals surface area contributed by atoms with E-state index in [4.69, 9.17) is 4.74 Å². The zero-order chi connectivity index (χ0) is 17.6. The van der Waals surface area contributed by atoms with Gasteiger partial charge in [0.25, 0.3) is 0 Å². The molecule has 0 atom stereocenters. The third kappa shape index (κ3) is 4.36. The molecule has 1 heterocycles. The van der Waals surface area contributed by atoms with Gasteiger partial charge in [0, 0.05) is 5.69 Å². The minimum atomic E-state index is -0.131. The first kappa shape index (κ1) is 17.0. The quantitative estimate of drug-likeness (QED) is 0.685. The number of carbonyl (C=O) groups is 1. The van der Waals surface area contributed by atoms with Crippen molar-refractivity contribution in [3.8, 4) is 11.4 Å². The number of benzene rings is 2. The summed E-state index contributed by atoms with van der Waals surface area (Å²) in [5.41, 5.74) is 2.69. The fourth-order valence-electron chi connectivity index (χ4n) is 2.19. The smallest absolute Gasteiger partial charge is 0.234 e. The normalized spacial score (nSPS) is 10.5. The Labute approximate surface area is 149 Å². The number of tetrazole rings is 1. The van der Waals surface area contributed by atoms with Crippen LogP contribution in [0.15, 0.2) is 53.7 Å². The summed E-state index contributed by atoms with van der Waals surface area (Å²) in [7, 11) is 1.60. The standard InChI is InChI=1S/C17H17N5O2S/c1-12-4-3-5-14(10-12)22-17(19-20-21-22)25-11-16(23)18-13-6-8-15(24-2)9-7-13/h3-10H,11H2,1-2H3,(H,18,23). The predicted molar refractivity (Wildman–Crippen MR) is 96.2 cm³/mol. The Bertz CT molecular complexity index is 863. The number of thioether (sulfide) groups is 1. The molecule has 3 rings (SSSR count). The fraction of sp³-hybridized carbons (Fsp3) is 0.176. The van der Waals surface area contributed by atoms with E-state index in [1.165, 1.54) is 11.8 Å². The number of nitrogens with one attached hydrogen (secondary N) is 1. The first-order valence-electron chi connectivity index (χ1n) is 7.58. The Hall–Kier alpha value is -2.87. The Balaban J connectivity index is 1.62. The highest BCUT2D eigenvalue weighted by molar-refractivity contribution is 7.99. The van der Waals surface area contributed by atoms with Gasteiger partial charge in [-0.2, -0.15) is 4.68 Å². The number of amides is 1. The van der Waals surface area contributed by atoms with Gasteiger partial charge >= 0.3 is 0 Å². The summed E-state index contributed by atoms with van der Waals surface area (Å²) in [6.07, 6.45) is 0. The van der Waals surface area contributed by atoms with Gasteiger partial charge in [-0.25, -0.2) is 0 Å². The lowest BCUT2D eigenvalue weighted by Crippen LogP contribution is -2.14. The molecule has 128 valence electrons. The topological polar surface area (TPSA) is 81.9 Å². The molecule has 0 unspecified atom stereocenters. The largest absolute Gasteiger partial charge is 0.497 e. The number of ether oxygens (including phenoxy) is 1. The summed E-state index contributed by atoms with van der Waals surface area (Å²) < 4.78 is 6.72. The number of hydrogen-bond acceptors (Lipinski definition) is 6. The molecule has 0 aliphatic rings. The summed E-state index contributed by atoms with van der Waals surface area (Å²) in [5, 5.41) is 15.1. The highest BCUT2D eigenvalue weighted by Crippen LogP contribution is 2.20. The van der Waals surface area contributed by atoms with E-state index in [1.807, 2.05) is 31.2 Å². The Morgan fingerprint density at radius 1 is 1.24 bits per heavy atom. The van der Waals surface area contributed by atoms with Gasteiger partial charge in [0.1, 0.15) is 5.75 Å². The van der Waals surface area contributed by atoms with Gasteiger partial charge in [-0.1, -0.05) is 23.9 Å². The molecule has 2 aromatic carbocycles. The number of carbonyl (C=O) groups excluding carboxylic acids is 1. The average Bonchev–Trinajstić information content (AvgIpc) is 3.09. The molecule has 0 fully saturated rings. The fourth-order valence-corrected chi connectivity index (χ4v) is 2.88. The minimum Gasteiger partial charge on any atom is -0.497 e. The molecule has 0 aliphatic heterocycles. The SMILES string of the molecule is COc1ccc(NC(=O)CSc2nnnn2-c2cccc(C)c2)cc1. The molecule has 0 saturated heterocycles. The van der Waals surface area contributed by atoms with E-state index in [0.29, 0.717) is 10.8 Å². The van der Waals surface area contributed by atoms with Gasteiger partial charge in [0.15, 0.2) is 0 Å². The molecule has 0 radical (unpaired) electrons. The van der Waals surface area contributed by atoms with Crippen LogP contribution in [0, 0.1) is 6.92 Å². The molecule has 1 N–H and O–H groups in total. The lowest BCUT2D eigenvalue weighted by molar-refractivity contribution is -0.113. The third-order valence-electron chi connectivity index (χ3n) is 3.39. The number of nitrogens with zero attached hydrogens (tertiary/aromatic N) is 4. The molecule has 0 bridgehead atoms. The zero-order valence-electron chi connectivity index (χ0n) is 13.8. The molecule has 8 heteroatoms. The van der Waals surface area contributed by atoms with Crippen LogP contribution in [0.2, 0.25) is 0 Å². The summed E-state index contributed by atoms with van der Waals surface area (Å²) >= 11 is 1.28. The first-order valence-corrected chi connectivity index (χ1v) is 8.56. The van der Waals surface area contributed by atoms with Crippen LogP contribution in [0.3, 0.4) is 0 Å². The van der Waals surface area contributed by atoms with Gasteiger partial charge in [-0.05, 0) is 59.3 Å². The molecular formula is C17H17N5O2S. The maximum atomic E-state index is 12.1. The van der Waals surface area contributed by atoms with Crippen LogP contribution in [0.25, 0.3) is 5.69 Å². The molecule has 25 heavy (non-hydrogen) atoms. The van der Waals surface area contributed by atoms with Gasteiger partial charge < -0.3 is 10.1 Å². The molecule has 7 nitrogen and oxygen atoms in total. The van der Waals surface area contributed by atoms with Crippen molar-refractivity contribution in [2.24, 2.45) is 0 Å². The lowest BCUT2D eigenvalue weighted by Gasteiger charge is -2.07. The van der Waals surface area contributed by atoms with Crippen LogP contribution in [0.1, 0.15) is 5.56 Å². The van der Waals surface area contributed by atoms with Crippen molar-refractivity contribution in [2.45, 2.75) is 12.1 Å². The van der Waals surface area contributed by atoms with Gasteiger partial charge in [0.2, 0.25) is 11.1 Å². The van der Waals surface area contributed by atoms with Gasteiger partial charge in [-0.15, -0.1) is 5.10 Å². The number of rotatable bonds is 6. The Kier molecular flexibility index (Phi) is 5.30. The number of methoxy groups -OCH3 is 1. The molecule has 3 aromatic rings. The van der Waals surface area contributed by atoms with Crippen LogP contribution < -0.4 is 10.1 Å². The monoisotopic (exact) mass is 355 g/mol. The molecular weight excluding hydrogens is 338 g/mol. The van der Waals surface area contributed by atoms with E-state index in [-0.39, 0.29) is 11.7 Å². The second kappa shape index (κ2) is 7.80. The maximum absolute atomic E-state index is 12.1. The maximum Gasteiger partial charge on any atom is 0.234 e. The predicted octanol–water partition coefficient (Wildman–Crippen LogP) is 2.71. The summed E-state index contributed by atoms with van der Waals surface area (Å²) in [5.74, 6) is 0.816. The summed E-state index contributed by atoms with van der Waals surface area (Å²) in [6, 6.07) is 15.0. The van der Waals surface area contributed by atoms with E-state index in [2.05, 4.69) is 20.8 Å². The van der Waals surface area contributed by atoms with Crippen LogP contribution in [0.4, 0.5) is 5.69 Å². The first-order chi connectivity index (χ1) is 12.2. The molecule has 0 spiro atoms. The van der Waals surface area contributed by atoms with Crippen LogP contribution in [-0.2, 0) is 4.79 Å². The second-order valence-electron chi connectivity index (χ2n) is 5.28. The third-order valence-corrected chi connectivity index (χ3v) is 4.31. The van der Waals surface area contributed by atoms with E-state index < -0.39 is 0 Å². The second-order valence-corrected chi connectivity index (χ2v) is 6.22. The van der Waals surface area contributed by atoms with Gasteiger partial charge in [-0.3, -0.25) is 4.79 Å². The summed E-state index contributed by atoms with van der Waals surface area (Å²) in [6.45, 7) is 2.00. The van der Waals surface area contributed by atoms with Crippen LogP contribution in [-0.4, -0.2) is 39.0 Å². The van der Waals surface area contributed by atoms with Crippen molar-refractivity contribution in [2.75, 3.05) is 18.2 Å².